The molecule has 0 bridgehead atoms. The van der Waals surface area contributed by atoms with Gasteiger partial charge in [0.05, 0.1) is 0 Å². The summed E-state index contributed by atoms with van der Waals surface area (Å²) in [5.41, 5.74) is 0. The van der Waals surface area contributed by atoms with Gasteiger partial charge in [0.25, 0.3) is 0 Å². The predicted octanol–water partition coefficient (Wildman–Crippen LogP) is 3.01. The molecule has 0 aromatic rings. The van der Waals surface area contributed by atoms with E-state index in [0.717, 1.165) is 0 Å². The van der Waals surface area contributed by atoms with Crippen LogP contribution in [0, 0.1) is 0 Å². The van der Waals surface area contributed by atoms with Crippen molar-refractivity contribution in [2.24, 2.45) is 0 Å². The Balaban J connectivity index is 2.32. The maximum Gasteiger partial charge on any atom is -0.0230 e. The molecule has 0 aromatic carbocycles. The normalized spacial score (nSPS) is 27.8. The van der Waals surface area contributed by atoms with Gasteiger partial charge in [0, 0.05) is 0 Å². The fraction of sp³-hybridized carbons (Fsp3) is 1.00. The third-order valence-electron chi connectivity index (χ3n) is 2.47. The molecule has 1 fully saturated rings. The summed E-state index contributed by atoms with van der Waals surface area (Å²) in [6.07, 6.45) is 8.51. The van der Waals surface area contributed by atoms with E-state index < -0.39 is 0 Å². The third-order valence-corrected chi connectivity index (χ3v) is 6.41. The lowest BCUT2D eigenvalue weighted by atomic mass is 10.3. The first kappa shape index (κ1) is 8.45. The summed E-state index contributed by atoms with van der Waals surface area (Å²) in [5.74, 6) is 4.68. The second-order valence-electron chi connectivity index (χ2n) is 3.65. The van der Waals surface area contributed by atoms with Crippen LogP contribution in [0.3, 0.4) is 0 Å². The van der Waals surface area contributed by atoms with Gasteiger partial charge < -0.3 is 0 Å². The molecule has 0 saturated carbocycles. The fourth-order valence-corrected chi connectivity index (χ4v) is 5.28. The van der Waals surface area contributed by atoms with E-state index in [1.807, 2.05) is 0 Å². The largest absolute Gasteiger partial charge is 0.244 e. The Morgan fingerprint density at radius 1 is 1.10 bits per heavy atom. The van der Waals surface area contributed by atoms with Gasteiger partial charge in [0.1, 0.15) is 0 Å². The van der Waals surface area contributed by atoms with Crippen LogP contribution in [0.4, 0.5) is 0 Å². The molecule has 0 aromatic heterocycles. The van der Waals surface area contributed by atoms with Crippen LogP contribution < -0.4 is 0 Å². The highest BCUT2D eigenvalue weighted by atomic mass is 32.3. The maximum absolute atomic E-state index is 2.55. The summed E-state index contributed by atoms with van der Waals surface area (Å²) in [7, 11) is -0.0903. The van der Waals surface area contributed by atoms with E-state index in [9.17, 15) is 0 Å². The molecule has 0 unspecified atom stereocenters. The van der Waals surface area contributed by atoms with Crippen LogP contribution >= 0.6 is 10.0 Å². The van der Waals surface area contributed by atoms with Gasteiger partial charge >= 0.3 is 0 Å². The summed E-state index contributed by atoms with van der Waals surface area (Å²) < 4.78 is 0. The first-order valence-corrected chi connectivity index (χ1v) is 7.03. The minimum absolute atomic E-state index is 0.0903. The Morgan fingerprint density at radius 2 is 1.70 bits per heavy atom. The zero-order valence-electron chi connectivity index (χ0n) is 7.36. The molecule has 1 rings (SSSR count). The molecule has 1 saturated heterocycles. The van der Waals surface area contributed by atoms with Crippen molar-refractivity contribution in [1.82, 2.24) is 0 Å². The van der Waals surface area contributed by atoms with Crippen LogP contribution in [0.25, 0.3) is 0 Å². The molecule has 0 aliphatic carbocycles. The Kier molecular flexibility index (Phi) is 3.09. The van der Waals surface area contributed by atoms with Gasteiger partial charge in [-0.3, -0.25) is 0 Å². The van der Waals surface area contributed by atoms with Gasteiger partial charge in [0.2, 0.25) is 0 Å². The minimum atomic E-state index is -0.0903. The van der Waals surface area contributed by atoms with Gasteiger partial charge in [-0.1, -0.05) is 13.3 Å². The Bertz CT molecular complexity index is 87.4. The Hall–Kier alpha value is 0.350. The van der Waals surface area contributed by atoms with Gasteiger partial charge in [-0.25, -0.2) is 10.0 Å². The second kappa shape index (κ2) is 3.66. The molecule has 62 valence electrons. The van der Waals surface area contributed by atoms with Gasteiger partial charge in [-0.05, 0) is 42.8 Å². The van der Waals surface area contributed by atoms with Crippen LogP contribution in [-0.4, -0.2) is 23.5 Å². The van der Waals surface area contributed by atoms with Crippen LogP contribution in [-0.2, 0) is 0 Å². The van der Waals surface area contributed by atoms with Crippen LogP contribution in [0.2, 0.25) is 0 Å². The quantitative estimate of drug-likeness (QED) is 0.582. The van der Waals surface area contributed by atoms with Crippen LogP contribution in [0.15, 0.2) is 0 Å². The first-order chi connectivity index (χ1) is 4.77. The molecule has 1 heterocycles. The molecule has 0 N–H and O–H groups in total. The Labute approximate surface area is 66.7 Å². The summed E-state index contributed by atoms with van der Waals surface area (Å²) >= 11 is 0. The second-order valence-corrected chi connectivity index (χ2v) is 7.83. The summed E-state index contributed by atoms with van der Waals surface area (Å²) in [5, 5.41) is 0. The monoisotopic (exact) mass is 160 g/mol. The topological polar surface area (TPSA) is 0 Å². The van der Waals surface area contributed by atoms with E-state index in [1.54, 1.807) is 11.5 Å². The Morgan fingerprint density at radius 3 is 2.20 bits per heavy atom. The van der Waals surface area contributed by atoms with Crippen molar-refractivity contribution >= 4 is 10.0 Å². The van der Waals surface area contributed by atoms with Gasteiger partial charge in [-0.15, -0.1) is 0 Å². The first-order valence-electron chi connectivity index (χ1n) is 4.48. The van der Waals surface area contributed by atoms with Crippen molar-refractivity contribution in [3.63, 3.8) is 0 Å². The molecular formula is C9H20S. The molecule has 1 aliphatic heterocycles. The molecule has 0 radical (unpaired) electrons. The van der Waals surface area contributed by atoms with Crippen molar-refractivity contribution in [3.05, 3.63) is 0 Å². The average Bonchev–Trinajstić information content (AvgIpc) is 1.89. The molecule has 1 heteroatoms. The molecule has 1 aliphatic rings. The third kappa shape index (κ3) is 2.19. The summed E-state index contributed by atoms with van der Waals surface area (Å²) in [6, 6.07) is 0. The maximum atomic E-state index is 2.55. The highest BCUT2D eigenvalue weighted by Gasteiger charge is 2.19. The lowest BCUT2D eigenvalue weighted by Crippen LogP contribution is -2.16. The molecule has 0 spiro atoms. The number of hydrogen-bond donors (Lipinski definition) is 0. The molecule has 0 atom stereocenters. The number of hydrogen-bond acceptors (Lipinski definition) is 0. The molecule has 0 amide bonds. The van der Waals surface area contributed by atoms with Crippen LogP contribution in [0.1, 0.15) is 32.6 Å². The lowest BCUT2D eigenvalue weighted by Gasteiger charge is -2.39. The molecule has 0 nitrogen and oxygen atoms in total. The lowest BCUT2D eigenvalue weighted by molar-refractivity contribution is 0.752. The van der Waals surface area contributed by atoms with E-state index >= 15 is 0 Å². The smallest absolute Gasteiger partial charge is 0.0230 e. The van der Waals surface area contributed by atoms with E-state index in [2.05, 4.69) is 13.2 Å². The predicted molar refractivity (Wildman–Crippen MR) is 52.3 cm³/mol. The van der Waals surface area contributed by atoms with Gasteiger partial charge in [-0.2, -0.15) is 0 Å². The molecular weight excluding hydrogens is 140 g/mol. The van der Waals surface area contributed by atoms with Crippen LogP contribution in [0.5, 0.6) is 0 Å². The van der Waals surface area contributed by atoms with E-state index in [-0.39, 0.29) is 10.0 Å². The number of rotatable bonds is 2. The summed E-state index contributed by atoms with van der Waals surface area (Å²) in [4.78, 5) is 0. The SMILES string of the molecule is CCCS1(C)CCCCC1. The average molecular weight is 160 g/mol. The van der Waals surface area contributed by atoms with E-state index in [4.69, 9.17) is 0 Å². The fourth-order valence-electron chi connectivity index (χ4n) is 1.88. The van der Waals surface area contributed by atoms with Crippen molar-refractivity contribution in [2.75, 3.05) is 23.5 Å². The standard InChI is InChI=1S/C9H20S/c1-3-7-10(2)8-5-4-6-9-10/h3-9H2,1-2H3. The minimum Gasteiger partial charge on any atom is -0.244 e. The highest BCUT2D eigenvalue weighted by Crippen LogP contribution is 2.48. The van der Waals surface area contributed by atoms with E-state index in [0.29, 0.717) is 0 Å². The van der Waals surface area contributed by atoms with Crippen molar-refractivity contribution < 1.29 is 0 Å². The van der Waals surface area contributed by atoms with E-state index in [1.165, 1.54) is 31.4 Å². The van der Waals surface area contributed by atoms with Crippen molar-refractivity contribution in [2.45, 2.75) is 32.6 Å². The molecule has 10 heavy (non-hydrogen) atoms. The highest BCUT2D eigenvalue weighted by molar-refractivity contribution is 8.33. The van der Waals surface area contributed by atoms with Crippen molar-refractivity contribution in [3.8, 4) is 0 Å². The van der Waals surface area contributed by atoms with Gasteiger partial charge in [0.15, 0.2) is 0 Å². The zero-order chi connectivity index (χ0) is 7.45. The van der Waals surface area contributed by atoms with Crippen molar-refractivity contribution in [1.29, 1.82) is 0 Å². The summed E-state index contributed by atoms with van der Waals surface area (Å²) in [6.45, 7) is 2.33. The zero-order valence-corrected chi connectivity index (χ0v) is 8.17.